The second kappa shape index (κ2) is 7.79. The standard InChI is InChI=1S/C18H23F3N2O3S/c19-18(20,21)15-3-1-2-4-16(15)27(25,26)23-11-9-13(10-12-23)5-8-17(24)22-14-6-7-14/h1-4,13-14H,5-12H2,(H,22,24). The second-order valence-corrected chi connectivity index (χ2v) is 9.13. The van der Waals surface area contributed by atoms with Crippen LogP contribution < -0.4 is 5.32 Å². The van der Waals surface area contributed by atoms with Crippen molar-refractivity contribution in [3.05, 3.63) is 29.8 Å². The number of halogens is 3. The molecular weight excluding hydrogens is 381 g/mol. The molecule has 1 amide bonds. The molecule has 0 bridgehead atoms. The molecule has 3 rings (SSSR count). The molecule has 150 valence electrons. The van der Waals surface area contributed by atoms with Crippen molar-refractivity contribution in [1.29, 1.82) is 0 Å². The smallest absolute Gasteiger partial charge is 0.353 e. The molecular formula is C18H23F3N2O3S. The highest BCUT2D eigenvalue weighted by Gasteiger charge is 2.39. The van der Waals surface area contributed by atoms with E-state index in [-0.39, 0.29) is 24.9 Å². The van der Waals surface area contributed by atoms with Crippen molar-refractivity contribution < 1.29 is 26.4 Å². The van der Waals surface area contributed by atoms with Crippen molar-refractivity contribution in [2.24, 2.45) is 5.92 Å². The van der Waals surface area contributed by atoms with Crippen LogP contribution in [0.1, 0.15) is 44.1 Å². The molecule has 5 nitrogen and oxygen atoms in total. The fourth-order valence-electron chi connectivity index (χ4n) is 3.37. The predicted octanol–water partition coefficient (Wildman–Crippen LogP) is 3.16. The van der Waals surface area contributed by atoms with Gasteiger partial charge in [0.05, 0.1) is 10.5 Å². The second-order valence-electron chi connectivity index (χ2n) is 7.22. The lowest BCUT2D eigenvalue weighted by Crippen LogP contribution is -2.39. The first-order chi connectivity index (χ1) is 12.7. The summed E-state index contributed by atoms with van der Waals surface area (Å²) in [6.45, 7) is 0.340. The van der Waals surface area contributed by atoms with Crippen LogP contribution in [0.2, 0.25) is 0 Å². The number of carbonyl (C=O) groups excluding carboxylic acids is 1. The van der Waals surface area contributed by atoms with Gasteiger partial charge in [0.1, 0.15) is 0 Å². The van der Waals surface area contributed by atoms with Gasteiger partial charge in [-0.2, -0.15) is 17.5 Å². The molecule has 1 saturated carbocycles. The van der Waals surface area contributed by atoms with Gasteiger partial charge in [0, 0.05) is 25.6 Å². The Morgan fingerprint density at radius 3 is 2.33 bits per heavy atom. The number of alkyl halides is 3. The third kappa shape index (κ3) is 5.01. The highest BCUT2D eigenvalue weighted by Crippen LogP contribution is 2.36. The van der Waals surface area contributed by atoms with Crippen molar-refractivity contribution in [3.63, 3.8) is 0 Å². The third-order valence-corrected chi connectivity index (χ3v) is 7.06. The highest BCUT2D eigenvalue weighted by atomic mass is 32.2. The summed E-state index contributed by atoms with van der Waals surface area (Å²) in [5.41, 5.74) is -1.14. The van der Waals surface area contributed by atoms with Gasteiger partial charge in [-0.1, -0.05) is 12.1 Å². The number of carbonyl (C=O) groups is 1. The van der Waals surface area contributed by atoms with Gasteiger partial charge >= 0.3 is 6.18 Å². The first-order valence-electron chi connectivity index (χ1n) is 9.13. The maximum Gasteiger partial charge on any atom is 0.417 e. The zero-order valence-corrected chi connectivity index (χ0v) is 15.7. The molecule has 1 aromatic rings. The minimum absolute atomic E-state index is 0.0201. The maximum absolute atomic E-state index is 13.2. The van der Waals surface area contributed by atoms with Gasteiger partial charge in [-0.15, -0.1) is 0 Å². The lowest BCUT2D eigenvalue weighted by molar-refractivity contribution is -0.140. The SMILES string of the molecule is O=C(CCC1CCN(S(=O)(=O)c2ccccc2C(F)(F)F)CC1)NC1CC1. The zero-order chi connectivity index (χ0) is 19.7. The zero-order valence-electron chi connectivity index (χ0n) is 14.8. The Morgan fingerprint density at radius 2 is 1.74 bits per heavy atom. The van der Waals surface area contributed by atoms with Crippen molar-refractivity contribution >= 4 is 15.9 Å². The summed E-state index contributed by atoms with van der Waals surface area (Å²) in [5.74, 6) is 0.228. The summed E-state index contributed by atoms with van der Waals surface area (Å²) in [5, 5.41) is 2.92. The Bertz CT molecular complexity index is 783. The number of piperidine rings is 1. The number of nitrogens with zero attached hydrogens (tertiary/aromatic N) is 1. The van der Waals surface area contributed by atoms with Gasteiger partial charge < -0.3 is 5.32 Å². The van der Waals surface area contributed by atoms with Crippen molar-refractivity contribution in [1.82, 2.24) is 9.62 Å². The van der Waals surface area contributed by atoms with Crippen LogP contribution in [0, 0.1) is 5.92 Å². The van der Waals surface area contributed by atoms with E-state index in [9.17, 15) is 26.4 Å². The molecule has 9 heteroatoms. The topological polar surface area (TPSA) is 66.5 Å². The molecule has 0 spiro atoms. The van der Waals surface area contributed by atoms with Crippen LogP contribution in [0.4, 0.5) is 13.2 Å². The molecule has 2 fully saturated rings. The molecule has 1 saturated heterocycles. The van der Waals surface area contributed by atoms with Crippen LogP contribution >= 0.6 is 0 Å². The van der Waals surface area contributed by atoms with E-state index < -0.39 is 26.7 Å². The van der Waals surface area contributed by atoms with E-state index >= 15 is 0 Å². The highest BCUT2D eigenvalue weighted by molar-refractivity contribution is 7.89. The average Bonchev–Trinajstić information content (AvgIpc) is 3.43. The summed E-state index contributed by atoms with van der Waals surface area (Å²) >= 11 is 0. The van der Waals surface area contributed by atoms with Gasteiger partial charge in [-0.25, -0.2) is 8.42 Å². The largest absolute Gasteiger partial charge is 0.417 e. The molecule has 1 N–H and O–H groups in total. The molecule has 1 heterocycles. The summed E-state index contributed by atoms with van der Waals surface area (Å²) in [6.07, 6.45) is -0.496. The normalized spacial score (nSPS) is 19.8. The van der Waals surface area contributed by atoms with Gasteiger partial charge in [-0.3, -0.25) is 4.79 Å². The molecule has 2 aliphatic rings. The summed E-state index contributed by atoms with van der Waals surface area (Å²) in [6, 6.07) is 4.59. The van der Waals surface area contributed by atoms with E-state index in [1.54, 1.807) is 0 Å². The Labute approximate surface area is 157 Å². The molecule has 0 aromatic heterocycles. The summed E-state index contributed by atoms with van der Waals surface area (Å²) in [7, 11) is -4.20. The van der Waals surface area contributed by atoms with Crippen LogP contribution in [0.15, 0.2) is 29.2 Å². The third-order valence-electron chi connectivity index (χ3n) is 5.11. The quantitative estimate of drug-likeness (QED) is 0.792. The van der Waals surface area contributed by atoms with E-state index in [1.165, 1.54) is 12.1 Å². The molecule has 0 radical (unpaired) electrons. The number of amides is 1. The molecule has 1 aromatic carbocycles. The van der Waals surface area contributed by atoms with Crippen LogP contribution in [-0.4, -0.2) is 37.8 Å². The Kier molecular flexibility index (Phi) is 5.81. The molecule has 0 atom stereocenters. The molecule has 27 heavy (non-hydrogen) atoms. The first-order valence-corrected chi connectivity index (χ1v) is 10.6. The maximum atomic E-state index is 13.2. The number of hydrogen-bond acceptors (Lipinski definition) is 3. The number of hydrogen-bond donors (Lipinski definition) is 1. The van der Waals surface area contributed by atoms with E-state index in [2.05, 4.69) is 5.32 Å². The fraction of sp³-hybridized carbons (Fsp3) is 0.611. The van der Waals surface area contributed by atoms with Gasteiger partial charge in [0.2, 0.25) is 15.9 Å². The van der Waals surface area contributed by atoms with Crippen LogP contribution in [-0.2, 0) is 21.0 Å². The van der Waals surface area contributed by atoms with Crippen LogP contribution in [0.5, 0.6) is 0 Å². The predicted molar refractivity (Wildman–Crippen MR) is 93.3 cm³/mol. The molecule has 1 aliphatic heterocycles. The van der Waals surface area contributed by atoms with Crippen LogP contribution in [0.3, 0.4) is 0 Å². The van der Waals surface area contributed by atoms with Crippen molar-refractivity contribution in [2.45, 2.75) is 55.6 Å². The number of rotatable bonds is 6. The van der Waals surface area contributed by atoms with E-state index in [1.807, 2.05) is 0 Å². The van der Waals surface area contributed by atoms with Crippen molar-refractivity contribution in [3.8, 4) is 0 Å². The fourth-order valence-corrected chi connectivity index (χ4v) is 5.05. The lowest BCUT2D eigenvalue weighted by Gasteiger charge is -2.31. The first kappa shape index (κ1) is 20.1. The molecule has 1 aliphatic carbocycles. The Balaban J connectivity index is 1.59. The lowest BCUT2D eigenvalue weighted by atomic mass is 9.93. The minimum Gasteiger partial charge on any atom is -0.353 e. The monoisotopic (exact) mass is 404 g/mol. The van der Waals surface area contributed by atoms with Gasteiger partial charge in [-0.05, 0) is 50.2 Å². The number of nitrogens with one attached hydrogen (secondary N) is 1. The summed E-state index contributed by atoms with van der Waals surface area (Å²) in [4.78, 5) is 11.1. The minimum atomic E-state index is -4.73. The van der Waals surface area contributed by atoms with Crippen molar-refractivity contribution in [2.75, 3.05) is 13.1 Å². The van der Waals surface area contributed by atoms with E-state index in [4.69, 9.17) is 0 Å². The van der Waals surface area contributed by atoms with Crippen LogP contribution in [0.25, 0.3) is 0 Å². The van der Waals surface area contributed by atoms with Gasteiger partial charge in [0.25, 0.3) is 0 Å². The summed E-state index contributed by atoms with van der Waals surface area (Å²) < 4.78 is 66.0. The number of benzene rings is 1. The van der Waals surface area contributed by atoms with E-state index in [0.29, 0.717) is 31.7 Å². The Morgan fingerprint density at radius 1 is 1.11 bits per heavy atom. The Hall–Kier alpha value is -1.61. The molecule has 0 unspecified atom stereocenters. The van der Waals surface area contributed by atoms with E-state index in [0.717, 1.165) is 29.3 Å². The van der Waals surface area contributed by atoms with Gasteiger partial charge in [0.15, 0.2) is 0 Å². The average molecular weight is 404 g/mol. The number of sulfonamides is 1.